The normalized spacial score (nSPS) is 45.0. The van der Waals surface area contributed by atoms with E-state index in [1.807, 2.05) is 13.8 Å². The molecule has 3 spiro atoms. The number of fused-ring (bicyclic) bond motifs is 4. The Hall–Kier alpha value is -4.48. The molecule has 2 bridgehead atoms. The molecule has 0 aromatic carbocycles. The van der Waals surface area contributed by atoms with Crippen molar-refractivity contribution in [3.63, 3.8) is 0 Å². The van der Waals surface area contributed by atoms with Gasteiger partial charge in [0.15, 0.2) is 49.2 Å². The summed E-state index contributed by atoms with van der Waals surface area (Å²) in [4.78, 5) is 102. The maximum atomic E-state index is 13.4. The molecular formula is C57H82O22. The highest BCUT2D eigenvalue weighted by Crippen LogP contribution is 2.90. The van der Waals surface area contributed by atoms with Crippen molar-refractivity contribution in [2.45, 2.75) is 246 Å². The zero-order chi connectivity index (χ0) is 57.9. The quantitative estimate of drug-likeness (QED) is 0.118. The minimum Gasteiger partial charge on any atom is -0.463 e. The maximum absolute atomic E-state index is 13.4. The first-order valence-electron chi connectivity index (χ1n) is 28.1. The Labute approximate surface area is 461 Å². The van der Waals surface area contributed by atoms with Crippen molar-refractivity contribution in [2.24, 2.45) is 50.7 Å². The van der Waals surface area contributed by atoms with Crippen molar-refractivity contribution in [3.05, 3.63) is 0 Å². The van der Waals surface area contributed by atoms with E-state index in [2.05, 4.69) is 34.6 Å². The number of hydrogen-bond donors (Lipinski definition) is 0. The molecule has 2 unspecified atom stereocenters. The molecule has 9 fully saturated rings. The number of rotatable bonds is 14. The first kappa shape index (κ1) is 59.2. The molecule has 5 aliphatic carbocycles. The van der Waals surface area contributed by atoms with E-state index in [9.17, 15) is 38.4 Å². The van der Waals surface area contributed by atoms with E-state index in [0.29, 0.717) is 12.8 Å². The van der Waals surface area contributed by atoms with Crippen LogP contribution in [0, 0.1) is 50.7 Å². The zero-order valence-corrected chi connectivity index (χ0v) is 48.4. The number of carbonyl (C=O) groups excluding carboxylic acids is 8. The van der Waals surface area contributed by atoms with Gasteiger partial charge in [0.25, 0.3) is 0 Å². The maximum Gasteiger partial charge on any atom is 0.303 e. The van der Waals surface area contributed by atoms with E-state index in [1.165, 1.54) is 27.7 Å². The van der Waals surface area contributed by atoms with Crippen LogP contribution in [0.2, 0.25) is 0 Å². The molecule has 0 amide bonds. The molecule has 0 radical (unpaired) electrons. The highest BCUT2D eigenvalue weighted by molar-refractivity contribution is 5.70. The van der Waals surface area contributed by atoms with Gasteiger partial charge in [-0.15, -0.1) is 0 Å². The van der Waals surface area contributed by atoms with E-state index in [1.54, 1.807) is 0 Å². The summed E-state index contributed by atoms with van der Waals surface area (Å²) in [6.45, 7) is 23.8. The lowest BCUT2D eigenvalue weighted by Crippen LogP contribution is -2.66. The van der Waals surface area contributed by atoms with Crippen molar-refractivity contribution in [2.75, 3.05) is 13.2 Å². The van der Waals surface area contributed by atoms with Gasteiger partial charge in [-0.05, 0) is 105 Å². The van der Waals surface area contributed by atoms with Crippen LogP contribution in [-0.4, -0.2) is 152 Å². The second-order valence-corrected chi connectivity index (χ2v) is 25.7. The van der Waals surface area contributed by atoms with Gasteiger partial charge < -0.3 is 66.3 Å². The van der Waals surface area contributed by atoms with E-state index in [-0.39, 0.29) is 52.6 Å². The minimum atomic E-state index is -1.73. The Morgan fingerprint density at radius 2 is 1.15 bits per heavy atom. The fourth-order valence-electron chi connectivity index (χ4n) is 17.9. The van der Waals surface area contributed by atoms with Crippen molar-refractivity contribution >= 4 is 47.8 Å². The summed E-state index contributed by atoms with van der Waals surface area (Å²) in [7, 11) is 0. The summed E-state index contributed by atoms with van der Waals surface area (Å²) in [5.41, 5.74) is -2.65. The fourth-order valence-corrected chi connectivity index (χ4v) is 17.9. The molecule has 22 nitrogen and oxygen atoms in total. The SMILES string of the molecule is CC(=O)OC[C@H]1O[C@@H](O[C@@H]2[C@@H](OC(C)=O)[C@H](O[C@H]3CC[C@]45C[C@]46CC[C@]4(C)C7C(C)C[C@H]8O[C@@]7(O[C@H]8C(C)(C)OC(C)=O)[C@H](OC(C)=O)[C@@]4(C)[C@@H]6CC[C@H]5C3(C)C)OC[C@H]2OC(C)=O)[C@H](OC(C)=O)[C@@H](OC(C)=O)[C@@H]1OC(C)=O. The topological polar surface area (TPSA) is 266 Å². The average Bonchev–Trinajstić information content (AvgIpc) is 2.13. The minimum absolute atomic E-state index is 0.0921. The summed E-state index contributed by atoms with van der Waals surface area (Å²) in [6, 6.07) is 0. The van der Waals surface area contributed by atoms with Gasteiger partial charge in [-0.1, -0.05) is 34.6 Å². The Morgan fingerprint density at radius 1 is 0.582 bits per heavy atom. The van der Waals surface area contributed by atoms with Crippen molar-refractivity contribution in [1.82, 2.24) is 0 Å². The molecule has 22 atom stereocenters. The van der Waals surface area contributed by atoms with Crippen LogP contribution >= 0.6 is 0 Å². The largest absolute Gasteiger partial charge is 0.463 e. The molecule has 9 aliphatic rings. The Morgan fingerprint density at radius 3 is 1.75 bits per heavy atom. The van der Waals surface area contributed by atoms with Gasteiger partial charge >= 0.3 is 47.8 Å². The first-order chi connectivity index (χ1) is 36.8. The molecule has 442 valence electrons. The van der Waals surface area contributed by atoms with Gasteiger partial charge in [-0.3, -0.25) is 38.4 Å². The number of ether oxygens (including phenoxy) is 14. The summed E-state index contributed by atoms with van der Waals surface area (Å²) >= 11 is 0. The molecule has 4 saturated heterocycles. The molecule has 4 aliphatic heterocycles. The zero-order valence-electron chi connectivity index (χ0n) is 48.4. The molecule has 4 heterocycles. The molecule has 79 heavy (non-hydrogen) atoms. The summed E-state index contributed by atoms with van der Waals surface area (Å²) in [5.74, 6) is -6.54. The van der Waals surface area contributed by atoms with Crippen LogP contribution in [0.4, 0.5) is 0 Å². The van der Waals surface area contributed by atoms with E-state index < -0.39 is 150 Å². The van der Waals surface area contributed by atoms with Crippen LogP contribution in [-0.2, 0) is 105 Å². The Balaban J connectivity index is 1.01. The average molecular weight is 1120 g/mol. The third-order valence-electron chi connectivity index (χ3n) is 20.3. The lowest BCUT2D eigenvalue weighted by molar-refractivity contribution is -0.358. The molecule has 0 N–H and O–H groups in total. The predicted molar refractivity (Wildman–Crippen MR) is 268 cm³/mol. The summed E-state index contributed by atoms with van der Waals surface area (Å²) < 4.78 is 87.3. The Bertz CT molecular complexity index is 2460. The monoisotopic (exact) mass is 1120 g/mol. The van der Waals surface area contributed by atoms with E-state index in [0.717, 1.165) is 66.2 Å². The summed E-state index contributed by atoms with van der Waals surface area (Å²) in [5, 5.41) is 0. The number of carbonyl (C=O) groups is 8. The molecular weight excluding hydrogens is 1040 g/mol. The standard InChI is InChI=1S/C57H82O22/c1-26-22-35-47(52(12,13)77-34(9)65)79-57(78-35)46(26)53(14)20-21-56-25-55(56)19-18-40(51(10,11)38(55)16-17-39(56)54(53,15)50(57)73-33(8)64)75-48-44(71-31(6)62)42(36(24-67-48)68-28(3)59)76-49-45(72-32(7)63)43(70-30(5)61)41(69-29(4)60)37(74-49)23-66-27(2)58/h26,35-50H,16-25H2,1-15H3/t26?,35-,36-,37-,38+,39+,40+,41-,42+,43+,44-,45-,46?,47-,48+,49+,50-,53-,54-,55-,56+,57+/m1/s1. The van der Waals surface area contributed by atoms with Crippen LogP contribution < -0.4 is 0 Å². The van der Waals surface area contributed by atoms with Crippen LogP contribution in [0.3, 0.4) is 0 Å². The highest BCUT2D eigenvalue weighted by atomic mass is 16.8. The third-order valence-corrected chi connectivity index (χ3v) is 20.3. The van der Waals surface area contributed by atoms with E-state index in [4.69, 9.17) is 66.3 Å². The third kappa shape index (κ3) is 9.74. The summed E-state index contributed by atoms with van der Waals surface area (Å²) in [6.07, 6.45) is -8.96. The lowest BCUT2D eigenvalue weighted by atomic mass is 9.41. The van der Waals surface area contributed by atoms with Gasteiger partial charge in [0.1, 0.15) is 30.5 Å². The predicted octanol–water partition coefficient (Wildman–Crippen LogP) is 5.51. The number of hydrogen-bond acceptors (Lipinski definition) is 22. The van der Waals surface area contributed by atoms with Gasteiger partial charge in [-0.2, -0.15) is 0 Å². The number of esters is 8. The fraction of sp³-hybridized carbons (Fsp3) is 0.860. The van der Waals surface area contributed by atoms with Crippen molar-refractivity contribution < 1.29 is 105 Å². The molecule has 9 rings (SSSR count). The second kappa shape index (κ2) is 20.7. The molecule has 0 aromatic heterocycles. The van der Waals surface area contributed by atoms with Crippen molar-refractivity contribution in [1.29, 1.82) is 0 Å². The molecule has 22 heteroatoms. The van der Waals surface area contributed by atoms with Gasteiger partial charge in [0, 0.05) is 66.7 Å². The molecule has 0 aromatic rings. The van der Waals surface area contributed by atoms with Gasteiger partial charge in [0.05, 0.1) is 18.8 Å². The van der Waals surface area contributed by atoms with Gasteiger partial charge in [0.2, 0.25) is 5.79 Å². The van der Waals surface area contributed by atoms with Crippen LogP contribution in [0.5, 0.6) is 0 Å². The lowest BCUT2D eigenvalue weighted by Gasteiger charge is -2.63. The van der Waals surface area contributed by atoms with Gasteiger partial charge in [-0.25, -0.2) is 0 Å². The highest BCUT2D eigenvalue weighted by Gasteiger charge is 2.89. The Kier molecular flexibility index (Phi) is 15.5. The molecule has 5 saturated carbocycles. The van der Waals surface area contributed by atoms with Crippen LogP contribution in [0.15, 0.2) is 0 Å². The van der Waals surface area contributed by atoms with Crippen molar-refractivity contribution in [3.8, 4) is 0 Å². The van der Waals surface area contributed by atoms with Crippen LogP contribution in [0.25, 0.3) is 0 Å². The second-order valence-electron chi connectivity index (χ2n) is 25.7. The smallest absolute Gasteiger partial charge is 0.303 e. The van der Waals surface area contributed by atoms with E-state index >= 15 is 0 Å². The van der Waals surface area contributed by atoms with Crippen LogP contribution in [0.1, 0.15) is 155 Å². The first-order valence-corrected chi connectivity index (χ1v) is 28.1.